The van der Waals surface area contributed by atoms with Crippen LogP contribution in [0.5, 0.6) is 0 Å². The molecule has 0 radical (unpaired) electrons. The number of imide groups is 1. The molecule has 166 valence electrons. The van der Waals surface area contributed by atoms with Gasteiger partial charge in [-0.1, -0.05) is 19.1 Å². The first kappa shape index (κ1) is 21.7. The minimum Gasteiger partial charge on any atom is -0.452 e. The Labute approximate surface area is 186 Å². The number of nitrogens with zero attached hydrogens (tertiary/aromatic N) is 1. The average molecular weight is 434 g/mol. The lowest BCUT2D eigenvalue weighted by Gasteiger charge is -2.25. The molecule has 3 amide bonds. The summed E-state index contributed by atoms with van der Waals surface area (Å²) in [6.07, 6.45) is 2.43. The van der Waals surface area contributed by atoms with Crippen LogP contribution in [0.2, 0.25) is 0 Å². The van der Waals surface area contributed by atoms with Crippen LogP contribution in [-0.4, -0.2) is 30.3 Å². The van der Waals surface area contributed by atoms with E-state index >= 15 is 0 Å². The zero-order valence-corrected chi connectivity index (χ0v) is 18.2. The van der Waals surface area contributed by atoms with Crippen LogP contribution in [0, 0.1) is 24.7 Å². The van der Waals surface area contributed by atoms with Crippen molar-refractivity contribution in [2.45, 2.75) is 33.1 Å². The Hall–Kier alpha value is -3.48. The molecule has 3 atom stereocenters. The molecule has 2 aliphatic rings. The van der Waals surface area contributed by atoms with Crippen LogP contribution in [0.4, 0.5) is 11.4 Å². The lowest BCUT2D eigenvalue weighted by atomic mass is 9.76. The van der Waals surface area contributed by atoms with E-state index in [-0.39, 0.29) is 29.2 Å². The average Bonchev–Trinajstić information content (AvgIpc) is 3.01. The van der Waals surface area contributed by atoms with Gasteiger partial charge in [0.15, 0.2) is 6.61 Å². The number of carbonyl (C=O) groups excluding carboxylic acids is 4. The largest absolute Gasteiger partial charge is 0.452 e. The van der Waals surface area contributed by atoms with Gasteiger partial charge < -0.3 is 10.1 Å². The quantitative estimate of drug-likeness (QED) is 0.572. The highest BCUT2D eigenvalue weighted by molar-refractivity contribution is 6.22. The van der Waals surface area contributed by atoms with E-state index in [0.717, 1.165) is 24.8 Å². The predicted molar refractivity (Wildman–Crippen MR) is 119 cm³/mol. The van der Waals surface area contributed by atoms with Crippen LogP contribution < -0.4 is 10.2 Å². The number of fused-ring (bicyclic) bond motifs is 1. The smallest absolute Gasteiger partial charge is 0.338 e. The number of benzene rings is 2. The van der Waals surface area contributed by atoms with Crippen molar-refractivity contribution >= 4 is 35.1 Å². The summed E-state index contributed by atoms with van der Waals surface area (Å²) in [7, 11) is 0. The van der Waals surface area contributed by atoms with E-state index in [2.05, 4.69) is 12.2 Å². The lowest BCUT2D eigenvalue weighted by Crippen LogP contribution is -2.30. The van der Waals surface area contributed by atoms with Gasteiger partial charge in [0.2, 0.25) is 11.8 Å². The van der Waals surface area contributed by atoms with Gasteiger partial charge in [-0.25, -0.2) is 4.79 Å². The highest BCUT2D eigenvalue weighted by atomic mass is 16.5. The van der Waals surface area contributed by atoms with Gasteiger partial charge >= 0.3 is 5.97 Å². The molecule has 0 aromatic heterocycles. The molecule has 7 nitrogen and oxygen atoms in total. The fourth-order valence-corrected chi connectivity index (χ4v) is 4.53. The minimum absolute atomic E-state index is 0.157. The molecule has 0 spiro atoms. The van der Waals surface area contributed by atoms with Gasteiger partial charge in [-0.2, -0.15) is 0 Å². The number of ether oxygens (including phenoxy) is 1. The van der Waals surface area contributed by atoms with Crippen molar-refractivity contribution in [2.24, 2.45) is 17.8 Å². The molecule has 1 N–H and O–H groups in total. The first-order valence-electron chi connectivity index (χ1n) is 10.8. The van der Waals surface area contributed by atoms with E-state index in [9.17, 15) is 19.2 Å². The van der Waals surface area contributed by atoms with E-state index in [1.807, 2.05) is 25.1 Å². The Morgan fingerprint density at radius 2 is 1.75 bits per heavy atom. The number of carbonyl (C=O) groups is 4. The summed E-state index contributed by atoms with van der Waals surface area (Å²) in [5, 5.41) is 2.68. The molecule has 4 rings (SSSR count). The summed E-state index contributed by atoms with van der Waals surface area (Å²) in [4.78, 5) is 51.2. The van der Waals surface area contributed by atoms with E-state index in [0.29, 0.717) is 17.3 Å². The minimum atomic E-state index is -0.655. The lowest BCUT2D eigenvalue weighted by molar-refractivity contribution is -0.122. The molecule has 0 unspecified atom stereocenters. The van der Waals surface area contributed by atoms with Crippen LogP contribution in [-0.2, 0) is 19.1 Å². The molecule has 0 bridgehead atoms. The van der Waals surface area contributed by atoms with Crippen LogP contribution in [0.1, 0.15) is 42.1 Å². The highest BCUT2D eigenvalue weighted by Gasteiger charge is 2.49. The summed E-state index contributed by atoms with van der Waals surface area (Å²) in [5.74, 6) is -1.46. The molecular weight excluding hydrogens is 408 g/mol. The summed E-state index contributed by atoms with van der Waals surface area (Å²) < 4.78 is 5.09. The van der Waals surface area contributed by atoms with Gasteiger partial charge in [-0.05, 0) is 74.1 Å². The van der Waals surface area contributed by atoms with E-state index < -0.39 is 18.5 Å². The molecule has 2 aromatic carbocycles. The van der Waals surface area contributed by atoms with Crippen molar-refractivity contribution in [3.05, 3.63) is 59.7 Å². The number of amides is 3. The predicted octanol–water partition coefficient (Wildman–Crippen LogP) is 3.72. The number of hydrogen-bond acceptors (Lipinski definition) is 5. The van der Waals surface area contributed by atoms with Crippen molar-refractivity contribution in [3.63, 3.8) is 0 Å². The van der Waals surface area contributed by atoms with Crippen LogP contribution >= 0.6 is 0 Å². The Morgan fingerprint density at radius 1 is 1.03 bits per heavy atom. The van der Waals surface area contributed by atoms with E-state index in [1.165, 1.54) is 17.0 Å². The molecular formula is C25H26N2O5. The van der Waals surface area contributed by atoms with E-state index in [1.54, 1.807) is 18.2 Å². The molecule has 1 heterocycles. The van der Waals surface area contributed by atoms with Gasteiger partial charge in [0.1, 0.15) is 0 Å². The normalized spacial score (nSPS) is 22.4. The molecule has 1 saturated carbocycles. The van der Waals surface area contributed by atoms with Crippen molar-refractivity contribution in [3.8, 4) is 0 Å². The zero-order valence-electron chi connectivity index (χ0n) is 18.2. The summed E-state index contributed by atoms with van der Waals surface area (Å²) in [5.41, 5.74) is 2.33. The van der Waals surface area contributed by atoms with Crippen molar-refractivity contribution in [1.29, 1.82) is 0 Å². The summed E-state index contributed by atoms with van der Waals surface area (Å²) in [6, 6.07) is 13.4. The number of aryl methyl sites for hydroxylation is 1. The fraction of sp³-hybridized carbons (Fsp3) is 0.360. The fourth-order valence-electron chi connectivity index (χ4n) is 4.53. The number of rotatable bonds is 5. The Bertz CT molecular complexity index is 1060. The van der Waals surface area contributed by atoms with Crippen LogP contribution in [0.3, 0.4) is 0 Å². The second-order valence-corrected chi connectivity index (χ2v) is 8.68. The van der Waals surface area contributed by atoms with Crippen molar-refractivity contribution in [1.82, 2.24) is 0 Å². The van der Waals surface area contributed by atoms with Gasteiger partial charge in [0, 0.05) is 5.69 Å². The maximum atomic E-state index is 12.8. The third-order valence-electron chi connectivity index (χ3n) is 6.19. The van der Waals surface area contributed by atoms with Gasteiger partial charge in [0.25, 0.3) is 5.91 Å². The third-order valence-corrected chi connectivity index (χ3v) is 6.19. The molecule has 2 aromatic rings. The maximum absolute atomic E-state index is 12.8. The summed E-state index contributed by atoms with van der Waals surface area (Å²) in [6.45, 7) is 3.61. The molecule has 1 saturated heterocycles. The summed E-state index contributed by atoms with van der Waals surface area (Å²) >= 11 is 0. The first-order chi connectivity index (χ1) is 15.3. The van der Waals surface area contributed by atoms with E-state index in [4.69, 9.17) is 4.74 Å². The Kier molecular flexibility index (Phi) is 6.08. The van der Waals surface area contributed by atoms with Gasteiger partial charge in [-0.15, -0.1) is 0 Å². The highest BCUT2D eigenvalue weighted by Crippen LogP contribution is 2.42. The third kappa shape index (κ3) is 4.42. The second kappa shape index (κ2) is 8.94. The Morgan fingerprint density at radius 3 is 2.47 bits per heavy atom. The topological polar surface area (TPSA) is 92.8 Å². The Balaban J connectivity index is 1.36. The zero-order chi connectivity index (χ0) is 22.8. The number of anilines is 2. The molecule has 32 heavy (non-hydrogen) atoms. The maximum Gasteiger partial charge on any atom is 0.338 e. The molecule has 1 aliphatic heterocycles. The molecule has 1 aliphatic carbocycles. The van der Waals surface area contributed by atoms with Crippen molar-refractivity contribution < 1.29 is 23.9 Å². The first-order valence-corrected chi connectivity index (χ1v) is 10.8. The van der Waals surface area contributed by atoms with Crippen LogP contribution in [0.25, 0.3) is 0 Å². The van der Waals surface area contributed by atoms with Gasteiger partial charge in [0.05, 0.1) is 23.1 Å². The standard InChI is InChI=1S/C25H26N2O5/c1-15-4-3-5-18(12-15)26-22(28)14-32-25(31)17-7-9-19(10-8-17)27-23(29)20-11-6-16(2)13-21(20)24(27)30/h3-5,7-10,12,16,20-21H,6,11,13-14H2,1-2H3,(H,26,28)/t16-,20+,21-/m0/s1. The molecule has 2 fully saturated rings. The molecule has 7 heteroatoms. The second-order valence-electron chi connectivity index (χ2n) is 8.68. The number of nitrogens with one attached hydrogen (secondary N) is 1. The SMILES string of the molecule is Cc1cccc(NC(=O)COC(=O)c2ccc(N3C(=O)[C@H]4C[C@@H](C)CC[C@H]4C3=O)cc2)c1. The number of hydrogen-bond donors (Lipinski definition) is 1. The van der Waals surface area contributed by atoms with Crippen molar-refractivity contribution in [2.75, 3.05) is 16.8 Å². The monoisotopic (exact) mass is 434 g/mol. The number of esters is 1. The van der Waals surface area contributed by atoms with Gasteiger partial charge in [-0.3, -0.25) is 19.3 Å². The van der Waals surface area contributed by atoms with Crippen LogP contribution in [0.15, 0.2) is 48.5 Å².